The molecule has 0 aliphatic rings. The SMILES string of the molecule is Cc1ccc(C(=O)c2ccc(Cl)cc2)c(N=C=S)c1. The van der Waals surface area contributed by atoms with Crippen molar-refractivity contribution >= 4 is 40.5 Å². The Labute approximate surface area is 121 Å². The highest BCUT2D eigenvalue weighted by Crippen LogP contribution is 2.24. The highest BCUT2D eigenvalue weighted by molar-refractivity contribution is 7.78. The second kappa shape index (κ2) is 5.89. The first kappa shape index (κ1) is 13.6. The van der Waals surface area contributed by atoms with Gasteiger partial charge in [0.25, 0.3) is 0 Å². The van der Waals surface area contributed by atoms with Crippen LogP contribution in [0.4, 0.5) is 5.69 Å². The molecule has 4 heteroatoms. The molecule has 0 unspecified atom stereocenters. The third kappa shape index (κ3) is 3.15. The number of thiocarbonyl (C=S) groups is 1. The molecule has 0 N–H and O–H groups in total. The van der Waals surface area contributed by atoms with Crippen molar-refractivity contribution in [2.45, 2.75) is 6.92 Å². The Balaban J connectivity index is 2.49. The average Bonchev–Trinajstić information content (AvgIpc) is 2.39. The smallest absolute Gasteiger partial charge is 0.195 e. The molecule has 2 aromatic rings. The molecule has 0 saturated carbocycles. The van der Waals surface area contributed by atoms with Gasteiger partial charge in [-0.25, -0.2) is 0 Å². The first-order valence-corrected chi connectivity index (χ1v) is 6.39. The number of ketones is 1. The number of hydrogen-bond donors (Lipinski definition) is 0. The van der Waals surface area contributed by atoms with E-state index in [-0.39, 0.29) is 5.78 Å². The standard InChI is InChI=1S/C15H10ClNOS/c1-10-2-7-13(14(8-10)17-9-19)15(18)11-3-5-12(16)6-4-11/h2-8H,1H3. The van der Waals surface area contributed by atoms with Crippen LogP contribution in [-0.4, -0.2) is 10.9 Å². The molecule has 0 radical (unpaired) electrons. The zero-order valence-electron chi connectivity index (χ0n) is 10.2. The number of isothiocyanates is 1. The summed E-state index contributed by atoms with van der Waals surface area (Å²) in [5.74, 6) is -0.110. The lowest BCUT2D eigenvalue weighted by Gasteiger charge is -2.05. The van der Waals surface area contributed by atoms with Crippen molar-refractivity contribution in [2.75, 3.05) is 0 Å². The molecule has 0 saturated heterocycles. The first-order chi connectivity index (χ1) is 9.11. The normalized spacial score (nSPS) is 9.79. The summed E-state index contributed by atoms with van der Waals surface area (Å²) >= 11 is 10.4. The van der Waals surface area contributed by atoms with Gasteiger partial charge in [0.1, 0.15) is 0 Å². The van der Waals surface area contributed by atoms with Crippen LogP contribution in [0.25, 0.3) is 0 Å². The Morgan fingerprint density at radius 2 is 1.89 bits per heavy atom. The maximum absolute atomic E-state index is 12.4. The maximum Gasteiger partial charge on any atom is 0.195 e. The molecule has 19 heavy (non-hydrogen) atoms. The van der Waals surface area contributed by atoms with E-state index < -0.39 is 0 Å². The van der Waals surface area contributed by atoms with E-state index in [9.17, 15) is 4.79 Å². The maximum atomic E-state index is 12.4. The number of halogens is 1. The third-order valence-electron chi connectivity index (χ3n) is 2.67. The summed E-state index contributed by atoms with van der Waals surface area (Å²) in [7, 11) is 0. The van der Waals surface area contributed by atoms with Crippen LogP contribution in [0.1, 0.15) is 21.5 Å². The summed E-state index contributed by atoms with van der Waals surface area (Å²) in [4.78, 5) is 16.3. The van der Waals surface area contributed by atoms with E-state index in [1.54, 1.807) is 30.3 Å². The quantitative estimate of drug-likeness (QED) is 0.468. The number of benzene rings is 2. The minimum atomic E-state index is -0.110. The number of carbonyl (C=O) groups is 1. The summed E-state index contributed by atoms with van der Waals surface area (Å²) in [5, 5.41) is 2.90. The Hall–Kier alpha value is -1.80. The number of aliphatic imine (C=N–C) groups is 1. The van der Waals surface area contributed by atoms with Gasteiger partial charge in [-0.15, -0.1) is 0 Å². The molecule has 0 aliphatic carbocycles. The zero-order valence-corrected chi connectivity index (χ0v) is 11.8. The molecule has 2 rings (SSSR count). The van der Waals surface area contributed by atoms with Gasteiger partial charge in [0, 0.05) is 16.1 Å². The number of nitrogens with zero attached hydrogens (tertiary/aromatic N) is 1. The monoisotopic (exact) mass is 287 g/mol. The molecular formula is C15H10ClNOS. The topological polar surface area (TPSA) is 29.4 Å². The van der Waals surface area contributed by atoms with Gasteiger partial charge in [0.15, 0.2) is 5.78 Å². The average molecular weight is 288 g/mol. The van der Waals surface area contributed by atoms with Crippen molar-refractivity contribution in [1.82, 2.24) is 0 Å². The van der Waals surface area contributed by atoms with Crippen molar-refractivity contribution in [3.05, 3.63) is 64.2 Å². The van der Waals surface area contributed by atoms with Crippen molar-refractivity contribution in [2.24, 2.45) is 4.99 Å². The van der Waals surface area contributed by atoms with Crippen LogP contribution in [0.15, 0.2) is 47.5 Å². The summed E-state index contributed by atoms with van der Waals surface area (Å²) in [6.45, 7) is 1.93. The van der Waals surface area contributed by atoms with Gasteiger partial charge in [0.05, 0.1) is 10.8 Å². The van der Waals surface area contributed by atoms with E-state index in [0.29, 0.717) is 21.8 Å². The first-order valence-electron chi connectivity index (χ1n) is 5.60. The van der Waals surface area contributed by atoms with Gasteiger partial charge in [-0.2, -0.15) is 4.99 Å². The van der Waals surface area contributed by atoms with E-state index in [1.165, 1.54) is 0 Å². The van der Waals surface area contributed by atoms with Crippen molar-refractivity contribution in [3.8, 4) is 0 Å². The van der Waals surface area contributed by atoms with Crippen molar-refractivity contribution in [1.29, 1.82) is 0 Å². The fraction of sp³-hybridized carbons (Fsp3) is 0.0667. The highest BCUT2D eigenvalue weighted by Gasteiger charge is 2.13. The lowest BCUT2D eigenvalue weighted by molar-refractivity contribution is 0.103. The second-order valence-electron chi connectivity index (χ2n) is 4.06. The lowest BCUT2D eigenvalue weighted by Crippen LogP contribution is -2.01. The molecule has 0 aliphatic heterocycles. The molecular weight excluding hydrogens is 278 g/mol. The molecule has 0 heterocycles. The van der Waals surface area contributed by atoms with Crippen LogP contribution in [0.5, 0.6) is 0 Å². The molecule has 2 nitrogen and oxygen atoms in total. The van der Waals surface area contributed by atoms with Crippen LogP contribution < -0.4 is 0 Å². The van der Waals surface area contributed by atoms with Crippen LogP contribution in [0, 0.1) is 6.92 Å². The summed E-state index contributed by atoms with van der Waals surface area (Å²) in [5.41, 5.74) is 2.62. The molecule has 0 amide bonds. The van der Waals surface area contributed by atoms with Gasteiger partial charge in [-0.3, -0.25) is 4.79 Å². The molecule has 0 fully saturated rings. The second-order valence-corrected chi connectivity index (χ2v) is 4.68. The van der Waals surface area contributed by atoms with Crippen LogP contribution in [0.2, 0.25) is 5.02 Å². The molecule has 0 spiro atoms. The van der Waals surface area contributed by atoms with Crippen molar-refractivity contribution < 1.29 is 4.79 Å². The molecule has 0 bridgehead atoms. The minimum absolute atomic E-state index is 0.110. The summed E-state index contributed by atoms with van der Waals surface area (Å²) in [6.07, 6.45) is 0. The number of carbonyl (C=O) groups excluding carboxylic acids is 1. The molecule has 0 atom stereocenters. The van der Waals surface area contributed by atoms with Crippen LogP contribution in [-0.2, 0) is 0 Å². The fourth-order valence-electron chi connectivity index (χ4n) is 1.73. The molecule has 0 aromatic heterocycles. The van der Waals surface area contributed by atoms with Crippen LogP contribution >= 0.6 is 23.8 Å². The largest absolute Gasteiger partial charge is 0.289 e. The lowest BCUT2D eigenvalue weighted by atomic mass is 10.0. The fourth-order valence-corrected chi connectivity index (χ4v) is 1.96. The summed E-state index contributed by atoms with van der Waals surface area (Å²) < 4.78 is 0. The number of hydrogen-bond acceptors (Lipinski definition) is 3. The molecule has 94 valence electrons. The predicted octanol–water partition coefficient (Wildman–Crippen LogP) is 4.61. The minimum Gasteiger partial charge on any atom is -0.289 e. The number of aryl methyl sites for hydroxylation is 1. The molecule has 2 aromatic carbocycles. The highest BCUT2D eigenvalue weighted by atomic mass is 35.5. The zero-order chi connectivity index (χ0) is 13.8. The van der Waals surface area contributed by atoms with E-state index in [2.05, 4.69) is 22.4 Å². The van der Waals surface area contributed by atoms with E-state index in [0.717, 1.165) is 5.56 Å². The Morgan fingerprint density at radius 1 is 1.21 bits per heavy atom. The van der Waals surface area contributed by atoms with E-state index >= 15 is 0 Å². The third-order valence-corrected chi connectivity index (χ3v) is 3.01. The van der Waals surface area contributed by atoms with Crippen LogP contribution in [0.3, 0.4) is 0 Å². The van der Waals surface area contributed by atoms with Gasteiger partial charge in [0.2, 0.25) is 0 Å². The van der Waals surface area contributed by atoms with E-state index in [4.69, 9.17) is 11.6 Å². The Kier molecular flexibility index (Phi) is 4.23. The van der Waals surface area contributed by atoms with Gasteiger partial charge in [-0.1, -0.05) is 17.7 Å². The van der Waals surface area contributed by atoms with Crippen molar-refractivity contribution in [3.63, 3.8) is 0 Å². The van der Waals surface area contributed by atoms with Gasteiger partial charge in [-0.05, 0) is 61.1 Å². The van der Waals surface area contributed by atoms with E-state index in [1.807, 2.05) is 19.1 Å². The predicted molar refractivity (Wildman–Crippen MR) is 80.7 cm³/mol. The number of rotatable bonds is 3. The summed E-state index contributed by atoms with van der Waals surface area (Å²) in [6, 6.07) is 12.2. The Morgan fingerprint density at radius 3 is 2.53 bits per heavy atom. The van der Waals surface area contributed by atoms with Gasteiger partial charge >= 0.3 is 0 Å². The Bertz CT molecular complexity index is 673. The van der Waals surface area contributed by atoms with Gasteiger partial charge < -0.3 is 0 Å².